The fourth-order valence-electron chi connectivity index (χ4n) is 3.64. The second kappa shape index (κ2) is 14.4. The van der Waals surface area contributed by atoms with Gasteiger partial charge in [0.1, 0.15) is 23.9 Å². The summed E-state index contributed by atoms with van der Waals surface area (Å²) in [5.41, 5.74) is 11.8. The molecule has 0 bridgehead atoms. The second-order valence-corrected chi connectivity index (χ2v) is 9.02. The Kier molecular flexibility index (Phi) is 11.4. The molecule has 5 unspecified atom stereocenters. The number of aliphatic hydroxyl groups is 1. The first kappa shape index (κ1) is 30.7. The highest BCUT2D eigenvalue weighted by Gasteiger charge is 2.33. The lowest BCUT2D eigenvalue weighted by molar-refractivity contribution is -0.142. The SMILES string of the molecule is CC(O)C(NC(=O)C(N)CC(N)=O)C(=O)NC(Cc1ccc(O)cc1)C(=O)NC(Cc1ccccc1)C(=O)O. The summed E-state index contributed by atoms with van der Waals surface area (Å²) in [5, 5.41) is 36.5. The number of nitrogens with one attached hydrogen (secondary N) is 3. The number of phenols is 1. The van der Waals surface area contributed by atoms with Gasteiger partial charge in [0.25, 0.3) is 0 Å². The maximum absolute atomic E-state index is 13.2. The number of carbonyl (C=O) groups is 5. The first-order chi connectivity index (χ1) is 18.4. The minimum absolute atomic E-state index is 0.0219. The summed E-state index contributed by atoms with van der Waals surface area (Å²) in [7, 11) is 0. The Bertz CT molecular complexity index is 1160. The first-order valence-corrected chi connectivity index (χ1v) is 12.0. The number of benzene rings is 2. The number of hydrogen-bond acceptors (Lipinski definition) is 8. The van der Waals surface area contributed by atoms with Gasteiger partial charge in [-0.3, -0.25) is 19.2 Å². The summed E-state index contributed by atoms with van der Waals surface area (Å²) in [6, 6.07) is 8.80. The molecule has 2 aromatic rings. The molecule has 0 saturated carbocycles. The Balaban J connectivity index is 2.25. The van der Waals surface area contributed by atoms with Crippen molar-refractivity contribution < 1.29 is 39.3 Å². The van der Waals surface area contributed by atoms with Gasteiger partial charge in [0.2, 0.25) is 23.6 Å². The van der Waals surface area contributed by atoms with E-state index in [1.54, 1.807) is 30.3 Å². The van der Waals surface area contributed by atoms with Crippen molar-refractivity contribution >= 4 is 29.6 Å². The predicted octanol–water partition coefficient (Wildman–Crippen LogP) is -1.70. The van der Waals surface area contributed by atoms with Gasteiger partial charge in [-0.15, -0.1) is 0 Å². The van der Waals surface area contributed by atoms with Crippen LogP contribution in [0.15, 0.2) is 54.6 Å². The third kappa shape index (κ3) is 10.1. The second-order valence-electron chi connectivity index (χ2n) is 9.02. The van der Waals surface area contributed by atoms with Crippen LogP contribution < -0.4 is 27.4 Å². The number of aliphatic carboxylic acids is 1. The topological polar surface area (TPSA) is 234 Å². The standard InChI is InChI=1S/C26H33N5O8/c1-14(32)22(31-23(35)18(27)13-21(28)34)25(37)29-19(11-16-7-9-17(33)10-8-16)24(36)30-20(26(38)39)12-15-5-3-2-4-6-15/h2-10,14,18-20,22,32-33H,11-13,27H2,1H3,(H2,28,34)(H,29,37)(H,30,36)(H,31,35)(H,38,39). The number of carboxylic acids is 1. The highest BCUT2D eigenvalue weighted by molar-refractivity contribution is 5.95. The molecular weight excluding hydrogens is 510 g/mol. The van der Waals surface area contributed by atoms with Gasteiger partial charge in [0.05, 0.1) is 18.6 Å². The molecule has 0 radical (unpaired) electrons. The predicted molar refractivity (Wildman–Crippen MR) is 139 cm³/mol. The van der Waals surface area contributed by atoms with E-state index in [1.807, 2.05) is 0 Å². The molecule has 210 valence electrons. The minimum atomic E-state index is -1.56. The fourth-order valence-corrected chi connectivity index (χ4v) is 3.64. The zero-order chi connectivity index (χ0) is 29.1. The fraction of sp³-hybridized carbons (Fsp3) is 0.346. The smallest absolute Gasteiger partial charge is 0.326 e. The molecule has 13 nitrogen and oxygen atoms in total. The van der Waals surface area contributed by atoms with Gasteiger partial charge in [0.15, 0.2) is 0 Å². The molecule has 0 aliphatic heterocycles. The van der Waals surface area contributed by atoms with E-state index < -0.39 is 66.3 Å². The summed E-state index contributed by atoms with van der Waals surface area (Å²) >= 11 is 0. The molecule has 2 rings (SSSR count). The average molecular weight is 544 g/mol. The third-order valence-electron chi connectivity index (χ3n) is 5.73. The Morgan fingerprint density at radius 1 is 0.795 bits per heavy atom. The van der Waals surface area contributed by atoms with E-state index >= 15 is 0 Å². The van der Waals surface area contributed by atoms with Crippen LogP contribution in [0.5, 0.6) is 5.75 Å². The van der Waals surface area contributed by atoms with Crippen molar-refractivity contribution in [2.75, 3.05) is 0 Å². The summed E-state index contributed by atoms with van der Waals surface area (Å²) in [6.45, 7) is 1.22. The highest BCUT2D eigenvalue weighted by atomic mass is 16.4. The lowest BCUT2D eigenvalue weighted by atomic mass is 10.0. The summed E-state index contributed by atoms with van der Waals surface area (Å²) in [5.74, 6) is -4.88. The maximum atomic E-state index is 13.2. The normalized spacial score (nSPS) is 14.6. The van der Waals surface area contributed by atoms with Crippen molar-refractivity contribution in [1.29, 1.82) is 0 Å². The molecular formula is C26H33N5O8. The monoisotopic (exact) mass is 543 g/mol. The molecule has 0 fully saturated rings. The van der Waals surface area contributed by atoms with Crippen LogP contribution in [0.1, 0.15) is 24.5 Å². The number of aliphatic hydroxyl groups excluding tert-OH is 1. The molecule has 4 amide bonds. The number of aromatic hydroxyl groups is 1. The van der Waals surface area contributed by atoms with E-state index in [0.29, 0.717) is 11.1 Å². The van der Waals surface area contributed by atoms with Crippen LogP contribution in [0, 0.1) is 0 Å². The Morgan fingerprint density at radius 2 is 1.33 bits per heavy atom. The molecule has 0 aliphatic rings. The number of carboxylic acid groups (broad SMARTS) is 1. The summed E-state index contributed by atoms with van der Waals surface area (Å²) in [4.78, 5) is 61.6. The van der Waals surface area contributed by atoms with Crippen molar-refractivity contribution in [2.45, 2.75) is 56.5 Å². The Hall–Kier alpha value is -4.49. The van der Waals surface area contributed by atoms with E-state index in [2.05, 4.69) is 16.0 Å². The van der Waals surface area contributed by atoms with Crippen LogP contribution >= 0.6 is 0 Å². The van der Waals surface area contributed by atoms with Crippen molar-refractivity contribution in [2.24, 2.45) is 11.5 Å². The third-order valence-corrected chi connectivity index (χ3v) is 5.73. The number of phenolic OH excluding ortho intramolecular Hbond substituents is 1. The van der Waals surface area contributed by atoms with E-state index in [4.69, 9.17) is 11.5 Å². The number of carbonyl (C=O) groups excluding carboxylic acids is 4. The average Bonchev–Trinajstić information content (AvgIpc) is 2.87. The Morgan fingerprint density at radius 3 is 1.87 bits per heavy atom. The molecule has 2 aromatic carbocycles. The number of hydrogen-bond donors (Lipinski definition) is 8. The Labute approximate surface area is 224 Å². The zero-order valence-corrected chi connectivity index (χ0v) is 21.2. The first-order valence-electron chi connectivity index (χ1n) is 12.0. The lowest BCUT2D eigenvalue weighted by Crippen LogP contribution is -2.60. The summed E-state index contributed by atoms with van der Waals surface area (Å²) < 4.78 is 0. The van der Waals surface area contributed by atoms with Crippen molar-refractivity contribution in [1.82, 2.24) is 16.0 Å². The molecule has 0 saturated heterocycles. The van der Waals surface area contributed by atoms with Gasteiger partial charge in [-0.1, -0.05) is 42.5 Å². The van der Waals surface area contributed by atoms with Gasteiger partial charge in [-0.25, -0.2) is 4.79 Å². The zero-order valence-electron chi connectivity index (χ0n) is 21.2. The minimum Gasteiger partial charge on any atom is -0.508 e. The van der Waals surface area contributed by atoms with Gasteiger partial charge >= 0.3 is 5.97 Å². The molecule has 0 heterocycles. The van der Waals surface area contributed by atoms with E-state index in [0.717, 1.165) is 0 Å². The van der Waals surface area contributed by atoms with Crippen LogP contribution in [-0.2, 0) is 36.8 Å². The summed E-state index contributed by atoms with van der Waals surface area (Å²) in [6.07, 6.45) is -2.07. The van der Waals surface area contributed by atoms with Crippen molar-refractivity contribution in [3.05, 3.63) is 65.7 Å². The number of primary amides is 1. The molecule has 5 atom stereocenters. The highest BCUT2D eigenvalue weighted by Crippen LogP contribution is 2.12. The van der Waals surface area contributed by atoms with Gasteiger partial charge in [0, 0.05) is 12.8 Å². The van der Waals surface area contributed by atoms with Crippen molar-refractivity contribution in [3.8, 4) is 5.75 Å². The van der Waals surface area contributed by atoms with Gasteiger partial charge in [-0.05, 0) is 30.2 Å². The van der Waals surface area contributed by atoms with E-state index in [1.165, 1.54) is 31.2 Å². The lowest BCUT2D eigenvalue weighted by Gasteiger charge is -2.26. The van der Waals surface area contributed by atoms with Gasteiger partial charge in [-0.2, -0.15) is 0 Å². The van der Waals surface area contributed by atoms with Crippen LogP contribution in [0.3, 0.4) is 0 Å². The largest absolute Gasteiger partial charge is 0.508 e. The number of nitrogens with two attached hydrogens (primary N) is 2. The van der Waals surface area contributed by atoms with Crippen LogP contribution in [-0.4, -0.2) is 75.2 Å². The van der Waals surface area contributed by atoms with E-state index in [9.17, 15) is 39.3 Å². The molecule has 0 aromatic heterocycles. The molecule has 10 N–H and O–H groups in total. The number of rotatable bonds is 14. The quantitative estimate of drug-likeness (QED) is 0.135. The van der Waals surface area contributed by atoms with E-state index in [-0.39, 0.29) is 18.6 Å². The molecule has 0 spiro atoms. The molecule has 13 heteroatoms. The molecule has 0 aliphatic carbocycles. The van der Waals surface area contributed by atoms with Crippen LogP contribution in [0.25, 0.3) is 0 Å². The maximum Gasteiger partial charge on any atom is 0.326 e. The van der Waals surface area contributed by atoms with Crippen molar-refractivity contribution in [3.63, 3.8) is 0 Å². The van der Waals surface area contributed by atoms with Crippen LogP contribution in [0.4, 0.5) is 0 Å². The van der Waals surface area contributed by atoms with Crippen LogP contribution in [0.2, 0.25) is 0 Å². The van der Waals surface area contributed by atoms with Gasteiger partial charge < -0.3 is 42.7 Å². The molecule has 39 heavy (non-hydrogen) atoms. The number of amides is 4.